The molecule has 2 aromatic rings. The normalized spacial score (nSPS) is 10.3. The third-order valence-corrected chi connectivity index (χ3v) is 3.43. The van der Waals surface area contributed by atoms with Crippen molar-refractivity contribution in [1.29, 1.82) is 0 Å². The van der Waals surface area contributed by atoms with Gasteiger partial charge in [0.25, 0.3) is 0 Å². The van der Waals surface area contributed by atoms with Crippen LogP contribution in [0.1, 0.15) is 5.56 Å². The third-order valence-electron chi connectivity index (χ3n) is 2.85. The van der Waals surface area contributed by atoms with Gasteiger partial charge in [-0.15, -0.1) is 0 Å². The van der Waals surface area contributed by atoms with E-state index in [0.29, 0.717) is 40.4 Å². The van der Waals surface area contributed by atoms with E-state index in [4.69, 9.17) is 33.8 Å². The number of anilines is 2. The fraction of sp³-hybridized carbons (Fsp3) is 0.231. The van der Waals surface area contributed by atoms with E-state index in [-0.39, 0.29) is 0 Å². The molecular weight excluding hydrogens is 313 g/mol. The second-order valence-electron chi connectivity index (χ2n) is 4.16. The lowest BCUT2D eigenvalue weighted by atomic mass is 10.1. The van der Waals surface area contributed by atoms with Crippen LogP contribution in [0.15, 0.2) is 24.5 Å². The Labute approximate surface area is 132 Å². The maximum absolute atomic E-state index is 6.13. The van der Waals surface area contributed by atoms with Gasteiger partial charge in [-0.1, -0.05) is 29.3 Å². The molecule has 0 amide bonds. The predicted molar refractivity (Wildman–Crippen MR) is 85.0 cm³/mol. The third kappa shape index (κ3) is 3.87. The second-order valence-corrected chi connectivity index (χ2v) is 5.00. The first-order valence-electron chi connectivity index (χ1n) is 6.19. The Bertz CT molecular complexity index is 624. The Kier molecular flexibility index (Phi) is 5.44. The van der Waals surface area contributed by atoms with Crippen LogP contribution in [0.25, 0.3) is 0 Å². The molecule has 4 N–H and O–H groups in total. The summed E-state index contributed by atoms with van der Waals surface area (Å²) >= 11 is 12.0. The smallest absolute Gasteiger partial charge is 0.205 e. The highest BCUT2D eigenvalue weighted by atomic mass is 35.5. The molecule has 1 aromatic heterocycles. The van der Waals surface area contributed by atoms with Crippen LogP contribution in [-0.4, -0.2) is 23.6 Å². The van der Waals surface area contributed by atoms with Crippen molar-refractivity contribution >= 4 is 34.8 Å². The highest BCUT2D eigenvalue weighted by Crippen LogP contribution is 2.28. The average molecular weight is 328 g/mol. The number of hydrazine groups is 1. The highest BCUT2D eigenvalue weighted by Gasteiger charge is 2.11. The molecule has 2 rings (SSSR count). The molecule has 0 fully saturated rings. The van der Waals surface area contributed by atoms with Gasteiger partial charge in [-0.05, 0) is 24.1 Å². The van der Waals surface area contributed by atoms with Crippen LogP contribution in [0.4, 0.5) is 11.6 Å². The molecule has 0 spiro atoms. The number of benzene rings is 1. The summed E-state index contributed by atoms with van der Waals surface area (Å²) in [4.78, 5) is 8.10. The number of nitrogens with zero attached hydrogens (tertiary/aromatic N) is 2. The number of halogens is 2. The van der Waals surface area contributed by atoms with Gasteiger partial charge < -0.3 is 15.5 Å². The van der Waals surface area contributed by atoms with Gasteiger partial charge in [0.15, 0.2) is 11.6 Å². The van der Waals surface area contributed by atoms with E-state index in [0.717, 1.165) is 5.56 Å². The van der Waals surface area contributed by atoms with Crippen molar-refractivity contribution < 1.29 is 4.74 Å². The fourth-order valence-electron chi connectivity index (χ4n) is 1.84. The van der Waals surface area contributed by atoms with Crippen molar-refractivity contribution in [3.8, 4) is 5.75 Å². The molecule has 8 heteroatoms. The molecule has 0 unspecified atom stereocenters. The molecule has 6 nitrogen and oxygen atoms in total. The molecule has 0 atom stereocenters. The fourth-order valence-corrected chi connectivity index (χ4v) is 2.34. The first-order chi connectivity index (χ1) is 10.2. The van der Waals surface area contributed by atoms with Crippen LogP contribution in [0.3, 0.4) is 0 Å². The zero-order valence-corrected chi connectivity index (χ0v) is 12.9. The maximum Gasteiger partial charge on any atom is 0.205 e. The van der Waals surface area contributed by atoms with Crippen LogP contribution >= 0.6 is 23.2 Å². The predicted octanol–water partition coefficient (Wildman–Crippen LogP) is 2.73. The SMILES string of the molecule is COc1c(NN)ncnc1NCCc1ccc(Cl)cc1Cl. The Balaban J connectivity index is 2.03. The van der Waals surface area contributed by atoms with Gasteiger partial charge in [0.1, 0.15) is 6.33 Å². The lowest BCUT2D eigenvalue weighted by molar-refractivity contribution is 0.414. The number of ether oxygens (including phenoxy) is 1. The van der Waals surface area contributed by atoms with Gasteiger partial charge >= 0.3 is 0 Å². The molecule has 21 heavy (non-hydrogen) atoms. The molecule has 0 saturated heterocycles. The van der Waals surface area contributed by atoms with Crippen LogP contribution < -0.4 is 21.3 Å². The summed E-state index contributed by atoms with van der Waals surface area (Å²) in [6, 6.07) is 5.43. The minimum Gasteiger partial charge on any atom is -0.490 e. The number of nitrogens with one attached hydrogen (secondary N) is 2. The first kappa shape index (κ1) is 15.6. The Morgan fingerprint density at radius 1 is 1.24 bits per heavy atom. The number of rotatable bonds is 6. The molecule has 0 aliphatic heterocycles. The largest absolute Gasteiger partial charge is 0.490 e. The maximum atomic E-state index is 6.13. The lowest BCUT2D eigenvalue weighted by Gasteiger charge is -2.12. The minimum atomic E-state index is 0.416. The zero-order chi connectivity index (χ0) is 15.2. The van der Waals surface area contributed by atoms with Crippen molar-refractivity contribution in [2.45, 2.75) is 6.42 Å². The van der Waals surface area contributed by atoms with E-state index in [1.54, 1.807) is 6.07 Å². The molecule has 1 aromatic carbocycles. The summed E-state index contributed by atoms with van der Waals surface area (Å²) in [5.41, 5.74) is 3.46. The zero-order valence-electron chi connectivity index (χ0n) is 11.4. The summed E-state index contributed by atoms with van der Waals surface area (Å²) in [5.74, 6) is 6.81. The van der Waals surface area contributed by atoms with Crippen LogP contribution in [0.5, 0.6) is 5.75 Å². The molecule has 0 aliphatic rings. The Morgan fingerprint density at radius 3 is 2.67 bits per heavy atom. The van der Waals surface area contributed by atoms with E-state index >= 15 is 0 Å². The van der Waals surface area contributed by atoms with E-state index in [9.17, 15) is 0 Å². The van der Waals surface area contributed by atoms with E-state index in [1.165, 1.54) is 13.4 Å². The highest BCUT2D eigenvalue weighted by molar-refractivity contribution is 6.35. The average Bonchev–Trinajstić information content (AvgIpc) is 2.49. The van der Waals surface area contributed by atoms with Gasteiger partial charge in [-0.3, -0.25) is 0 Å². The molecule has 0 bridgehead atoms. The van der Waals surface area contributed by atoms with Crippen molar-refractivity contribution in [3.63, 3.8) is 0 Å². The topological polar surface area (TPSA) is 85.1 Å². The van der Waals surface area contributed by atoms with Gasteiger partial charge in [0.2, 0.25) is 5.75 Å². The molecule has 112 valence electrons. The Hall–Kier alpha value is -1.76. The Morgan fingerprint density at radius 2 is 2.00 bits per heavy atom. The van der Waals surface area contributed by atoms with Crippen molar-refractivity contribution in [1.82, 2.24) is 9.97 Å². The number of aromatic nitrogens is 2. The van der Waals surface area contributed by atoms with Crippen molar-refractivity contribution in [2.75, 3.05) is 24.4 Å². The van der Waals surface area contributed by atoms with Gasteiger partial charge in [0, 0.05) is 16.6 Å². The van der Waals surface area contributed by atoms with E-state index in [1.807, 2.05) is 12.1 Å². The molecule has 1 heterocycles. The first-order valence-corrected chi connectivity index (χ1v) is 6.94. The number of hydrogen-bond donors (Lipinski definition) is 3. The van der Waals surface area contributed by atoms with Crippen LogP contribution in [0.2, 0.25) is 10.0 Å². The van der Waals surface area contributed by atoms with Crippen molar-refractivity contribution in [2.24, 2.45) is 5.84 Å². The van der Waals surface area contributed by atoms with Gasteiger partial charge in [0.05, 0.1) is 7.11 Å². The summed E-state index contributed by atoms with van der Waals surface area (Å²) in [6.45, 7) is 0.624. The van der Waals surface area contributed by atoms with Crippen molar-refractivity contribution in [3.05, 3.63) is 40.1 Å². The molecule has 0 saturated carbocycles. The minimum absolute atomic E-state index is 0.416. The van der Waals surface area contributed by atoms with Gasteiger partial charge in [-0.25, -0.2) is 15.8 Å². The lowest BCUT2D eigenvalue weighted by Crippen LogP contribution is -2.13. The summed E-state index contributed by atoms with van der Waals surface area (Å²) in [6.07, 6.45) is 2.11. The van der Waals surface area contributed by atoms with Gasteiger partial charge in [-0.2, -0.15) is 0 Å². The van der Waals surface area contributed by atoms with E-state index < -0.39 is 0 Å². The number of nitrogen functional groups attached to an aromatic ring is 1. The van der Waals surface area contributed by atoms with Crippen LogP contribution in [0, 0.1) is 0 Å². The second kappa shape index (κ2) is 7.31. The summed E-state index contributed by atoms with van der Waals surface area (Å²) in [5, 5.41) is 4.43. The number of methoxy groups -OCH3 is 1. The molecule has 0 aliphatic carbocycles. The number of nitrogens with two attached hydrogens (primary N) is 1. The monoisotopic (exact) mass is 327 g/mol. The quantitative estimate of drug-likeness (QED) is 0.558. The molecular formula is C13H15Cl2N5O. The summed E-state index contributed by atoms with van der Waals surface area (Å²) < 4.78 is 5.24. The standard InChI is InChI=1S/C13H15Cl2N5O/c1-21-11-12(18-7-19-13(11)20-16)17-5-4-8-2-3-9(14)6-10(8)15/h2-3,6-7H,4-5,16H2,1H3,(H2,17,18,19,20). The van der Waals surface area contributed by atoms with Crippen LogP contribution in [-0.2, 0) is 6.42 Å². The van der Waals surface area contributed by atoms with E-state index in [2.05, 4.69) is 20.7 Å². The molecule has 0 radical (unpaired) electrons. The number of hydrogen-bond acceptors (Lipinski definition) is 6. The summed E-state index contributed by atoms with van der Waals surface area (Å²) in [7, 11) is 1.53.